The number of rotatable bonds is 66. The summed E-state index contributed by atoms with van der Waals surface area (Å²) in [6, 6.07) is -3.39. The van der Waals surface area contributed by atoms with Gasteiger partial charge in [-0.25, -0.2) is 13.7 Å². The SMILES string of the molecule is COSP(=O)(OCCCCOC1OC(CO)C(O)C(O)C1NC(C)=O)OCCCOCC(COCCCCCCCCOP(O)(O)=S)(COCCCOP(=O)(OCCCCOC1OC(CO)C(O)C(O)C1NC(C)=O)SOC)COCCCOP(=O)(OCCCCOC1OC(CO)C(O)C(O)C1NC(C)=O)SOC. The van der Waals surface area contributed by atoms with Gasteiger partial charge in [-0.3, -0.25) is 41.5 Å². The summed E-state index contributed by atoms with van der Waals surface area (Å²) in [5.41, 5.74) is -1.03. The van der Waals surface area contributed by atoms with E-state index in [0.29, 0.717) is 93.0 Å². The lowest BCUT2D eigenvalue weighted by molar-refractivity contribution is -0.270. The lowest BCUT2D eigenvalue weighted by atomic mass is 9.92. The number of nitrogens with one attached hydrogen (secondary N) is 3. The van der Waals surface area contributed by atoms with Crippen molar-refractivity contribution in [2.24, 2.45) is 5.41 Å². The fourth-order valence-electron chi connectivity index (χ4n) is 10.7. The second-order valence-electron chi connectivity index (χ2n) is 25.3. The maximum atomic E-state index is 13.8. The number of unbranched alkanes of at least 4 members (excludes halogenated alkanes) is 8. The quantitative estimate of drug-likeness (QED) is 0.0236. The van der Waals surface area contributed by atoms with E-state index in [9.17, 15) is 83.8 Å². The van der Waals surface area contributed by atoms with E-state index in [2.05, 4.69) is 27.8 Å². The standard InChI is InChI=1S/C61H119N3O37P4S4/c1-43(68)62-49-55(74)52(71)46(36-65)99-58(49)89-26-13-16-30-93-103(79,107-82-4)96-33-19-23-86-40-61(39-85-22-11-9-7-8-10-12-29-92-102(77,78)106,41-87-24-20-34-97-104(80,108-83-5)94-31-17-14-27-90-59-50(63-44(2)69)56(75)53(72)47(37-66)100-59)42-88-25-21-35-98-105(81,109-84-6)95-32-18-15-28-91-60-51(64-45(3)70)57(76)54(73)48(38-67)101-60/h46-60,65-67,71-76H,7-42H2,1-6H3,(H,62,68)(H,63,69)(H,64,70)(H2,77,78,106). The van der Waals surface area contributed by atoms with Gasteiger partial charge < -0.3 is 136 Å². The number of carbonyl (C=O) groups excluding carboxylic acids is 3. The molecule has 0 aromatic carbocycles. The second kappa shape index (κ2) is 57.6. The molecule has 3 fully saturated rings. The monoisotopic (exact) mass is 1740 g/mol. The molecule has 48 heteroatoms. The zero-order chi connectivity index (χ0) is 80.7. The van der Waals surface area contributed by atoms with Gasteiger partial charge in [-0.05, 0) is 82.4 Å². The number of hydrogen-bond donors (Lipinski definition) is 14. The summed E-state index contributed by atoms with van der Waals surface area (Å²) in [5, 5.41) is 99.3. The van der Waals surface area contributed by atoms with Crippen molar-refractivity contribution < 1.29 is 175 Å². The van der Waals surface area contributed by atoms with Crippen molar-refractivity contribution >= 4 is 91.6 Å². The van der Waals surface area contributed by atoms with E-state index in [1.54, 1.807) is 0 Å². The van der Waals surface area contributed by atoms with Crippen molar-refractivity contribution in [2.45, 2.75) is 209 Å². The topological polar surface area (TPSA) is 546 Å². The van der Waals surface area contributed by atoms with Crippen molar-refractivity contribution in [3.8, 4) is 0 Å². The first kappa shape index (κ1) is 103. The number of carbonyl (C=O) groups is 3. The van der Waals surface area contributed by atoms with Crippen LogP contribution in [0.25, 0.3) is 0 Å². The van der Waals surface area contributed by atoms with E-state index in [0.717, 1.165) is 25.7 Å². The van der Waals surface area contributed by atoms with E-state index in [4.69, 9.17) is 91.6 Å². The van der Waals surface area contributed by atoms with E-state index < -0.39 is 162 Å². The molecule has 18 atom stereocenters. The maximum absolute atomic E-state index is 13.8. The molecule has 3 saturated heterocycles. The predicted octanol–water partition coefficient (Wildman–Crippen LogP) is 2.31. The van der Waals surface area contributed by atoms with Crippen LogP contribution in [-0.4, -0.2) is 325 Å². The number of hydrogen-bond acceptors (Lipinski definition) is 39. The first-order valence-electron chi connectivity index (χ1n) is 35.9. The van der Waals surface area contributed by atoms with Gasteiger partial charge in [0.15, 0.2) is 18.9 Å². The molecule has 0 bridgehead atoms. The molecule has 0 radical (unpaired) electrons. The molecule has 3 heterocycles. The van der Waals surface area contributed by atoms with Gasteiger partial charge >= 0.3 is 27.1 Å². The van der Waals surface area contributed by atoms with Crippen LogP contribution in [0.1, 0.15) is 117 Å². The first-order chi connectivity index (χ1) is 52.0. The molecule has 3 amide bonds. The Morgan fingerprint density at radius 2 is 0.596 bits per heavy atom. The smallest absolute Gasteiger partial charge is 0.394 e. The highest BCUT2D eigenvalue weighted by molar-refractivity contribution is 8.53. The number of aliphatic hydroxyl groups is 9. The first-order valence-corrected chi connectivity index (χ1v) is 47.2. The van der Waals surface area contributed by atoms with Crippen molar-refractivity contribution in [1.82, 2.24) is 16.0 Å². The van der Waals surface area contributed by atoms with Crippen molar-refractivity contribution in [3.05, 3.63) is 0 Å². The fraction of sp³-hybridized carbons (Fsp3) is 0.951. The Kier molecular flexibility index (Phi) is 54.3. The molecule has 0 saturated carbocycles. The molecule has 18 unspecified atom stereocenters. The summed E-state index contributed by atoms with van der Waals surface area (Å²) in [6.45, 7) is -13.5. The number of ether oxygens (including phenoxy) is 10. The molecule has 14 N–H and O–H groups in total. The Labute approximate surface area is 654 Å². The number of aliphatic hydroxyl groups excluding tert-OH is 9. The minimum absolute atomic E-state index is 0.0213. The van der Waals surface area contributed by atoms with Gasteiger partial charge in [-0.1, -0.05) is 25.7 Å². The molecular formula is C61H119N3O37P4S4. The molecule has 0 aliphatic carbocycles. The highest BCUT2D eigenvalue weighted by Gasteiger charge is 2.48. The minimum Gasteiger partial charge on any atom is -0.394 e. The van der Waals surface area contributed by atoms with Crippen LogP contribution in [0.4, 0.5) is 0 Å². The minimum atomic E-state index is -3.91. The van der Waals surface area contributed by atoms with Crippen molar-refractivity contribution in [3.63, 3.8) is 0 Å². The van der Waals surface area contributed by atoms with Gasteiger partial charge in [0.25, 0.3) is 0 Å². The molecule has 40 nitrogen and oxygen atoms in total. The molecule has 0 spiro atoms. The summed E-state index contributed by atoms with van der Waals surface area (Å²) in [6.07, 6.45) is -9.03. The fourth-order valence-corrected chi connectivity index (χ4v) is 18.2. The Morgan fingerprint density at radius 3 is 0.853 bits per heavy atom. The van der Waals surface area contributed by atoms with Crippen LogP contribution in [0.5, 0.6) is 0 Å². The zero-order valence-corrected chi connectivity index (χ0v) is 69.4. The largest absolute Gasteiger partial charge is 0.415 e. The number of amides is 3. The molecule has 3 aliphatic rings. The van der Waals surface area contributed by atoms with Crippen molar-refractivity contribution in [1.29, 1.82) is 0 Å². The Hall–Kier alpha value is -0.440. The lowest BCUT2D eigenvalue weighted by Crippen LogP contribution is -2.64. The van der Waals surface area contributed by atoms with E-state index in [-0.39, 0.29) is 132 Å². The predicted molar refractivity (Wildman–Crippen MR) is 396 cm³/mol. The molecule has 644 valence electrons. The lowest BCUT2D eigenvalue weighted by Gasteiger charge is -2.42. The summed E-state index contributed by atoms with van der Waals surface area (Å²) in [7, 11) is 3.89. The molecule has 109 heavy (non-hydrogen) atoms. The average Bonchev–Trinajstić information content (AvgIpc) is 0.818. The third kappa shape index (κ3) is 42.2. The van der Waals surface area contributed by atoms with Crippen LogP contribution in [0.3, 0.4) is 0 Å². The van der Waals surface area contributed by atoms with E-state index in [1.165, 1.54) is 42.1 Å². The van der Waals surface area contributed by atoms with Crippen LogP contribution in [0, 0.1) is 5.41 Å². The van der Waals surface area contributed by atoms with Gasteiger partial charge in [-0.2, -0.15) is 0 Å². The van der Waals surface area contributed by atoms with E-state index in [1.807, 2.05) is 0 Å². The van der Waals surface area contributed by atoms with Crippen LogP contribution in [0.2, 0.25) is 0 Å². The average molecular weight is 1740 g/mol. The van der Waals surface area contributed by atoms with Crippen LogP contribution < -0.4 is 16.0 Å². The van der Waals surface area contributed by atoms with Crippen LogP contribution in [0.15, 0.2) is 0 Å². The van der Waals surface area contributed by atoms with E-state index >= 15 is 0 Å². The molecule has 3 rings (SSSR count). The Morgan fingerprint density at radius 1 is 0.367 bits per heavy atom. The van der Waals surface area contributed by atoms with Gasteiger partial charge in [0.1, 0.15) is 108 Å². The second-order valence-corrected chi connectivity index (χ2v) is 39.0. The van der Waals surface area contributed by atoms with Crippen LogP contribution in [-0.2, 0) is 131 Å². The summed E-state index contributed by atoms with van der Waals surface area (Å²) in [4.78, 5) is 54.3. The third-order valence-corrected chi connectivity index (χ3v) is 25.8. The van der Waals surface area contributed by atoms with Gasteiger partial charge in [0.05, 0.1) is 119 Å². The van der Waals surface area contributed by atoms with Crippen molar-refractivity contribution in [2.75, 3.05) is 160 Å². The summed E-state index contributed by atoms with van der Waals surface area (Å²) in [5.74, 6) is -1.53. The highest BCUT2D eigenvalue weighted by atomic mass is 32.7. The van der Waals surface area contributed by atoms with Gasteiger partial charge in [-0.15, -0.1) is 0 Å². The normalized spacial score (nSPS) is 27.0. The molecule has 3 aliphatic heterocycles. The van der Waals surface area contributed by atoms with Gasteiger partial charge in [0, 0.05) is 67.0 Å². The third-order valence-electron chi connectivity index (χ3n) is 16.1. The Balaban J connectivity index is 1.70. The highest BCUT2D eigenvalue weighted by Crippen LogP contribution is 2.62. The molecule has 0 aromatic rings. The van der Waals surface area contributed by atoms with Crippen LogP contribution >= 0.6 is 62.1 Å². The molecule has 0 aromatic heterocycles. The maximum Gasteiger partial charge on any atom is 0.415 e. The Bertz CT molecular complexity index is 2420. The summed E-state index contributed by atoms with van der Waals surface area (Å²) < 4.78 is 155. The summed E-state index contributed by atoms with van der Waals surface area (Å²) >= 11 is 6.05. The zero-order valence-electron chi connectivity index (χ0n) is 62.6. The molecular weight excluding hydrogens is 1620 g/mol. The van der Waals surface area contributed by atoms with Gasteiger partial charge in [0.2, 0.25) is 17.7 Å².